The van der Waals surface area contributed by atoms with E-state index < -0.39 is 34.0 Å². The number of sulfonamides is 1. The van der Waals surface area contributed by atoms with Crippen LogP contribution in [0, 0.1) is 17.0 Å². The van der Waals surface area contributed by atoms with Gasteiger partial charge in [0.1, 0.15) is 6.10 Å². The van der Waals surface area contributed by atoms with Gasteiger partial charge in [0.15, 0.2) is 0 Å². The van der Waals surface area contributed by atoms with Crippen molar-refractivity contribution in [2.45, 2.75) is 24.3 Å². The largest absolute Gasteiger partial charge is 0.386 e. The molecule has 0 fully saturated rings. The number of non-ortho nitro benzene ring substituents is 1. The van der Waals surface area contributed by atoms with Crippen LogP contribution < -0.4 is 4.72 Å². The predicted molar refractivity (Wildman–Crippen MR) is 65.0 cm³/mol. The zero-order valence-corrected chi connectivity index (χ0v) is 11.1. The summed E-state index contributed by atoms with van der Waals surface area (Å²) in [6.07, 6.45) is -5.20. The number of rotatable bonds is 6. The Kier molecular flexibility index (Phi) is 5.09. The number of aliphatic hydroxyl groups excluding tert-OH is 1. The van der Waals surface area contributed by atoms with E-state index in [4.69, 9.17) is 5.11 Å². The number of hydrogen-bond donors (Lipinski definition) is 2. The van der Waals surface area contributed by atoms with Crippen molar-refractivity contribution >= 4 is 15.7 Å². The van der Waals surface area contributed by atoms with Crippen molar-refractivity contribution in [2.75, 3.05) is 6.54 Å². The fourth-order valence-corrected chi connectivity index (χ4v) is 2.69. The lowest BCUT2D eigenvalue weighted by Gasteiger charge is -2.12. The summed E-state index contributed by atoms with van der Waals surface area (Å²) in [4.78, 5) is 9.57. The number of nitro benzene ring substituents is 1. The molecule has 1 atom stereocenters. The fraction of sp³-hybridized carbons (Fsp3) is 0.400. The van der Waals surface area contributed by atoms with Crippen molar-refractivity contribution in [1.29, 1.82) is 0 Å². The number of aliphatic hydroxyl groups is 1. The Balaban J connectivity index is 2.96. The Morgan fingerprint density at radius 3 is 2.50 bits per heavy atom. The number of halogens is 2. The van der Waals surface area contributed by atoms with E-state index >= 15 is 0 Å². The first-order valence-electron chi connectivity index (χ1n) is 5.36. The van der Waals surface area contributed by atoms with Gasteiger partial charge >= 0.3 is 0 Å². The van der Waals surface area contributed by atoms with Crippen LogP contribution >= 0.6 is 0 Å². The van der Waals surface area contributed by atoms with E-state index in [1.807, 2.05) is 4.72 Å². The van der Waals surface area contributed by atoms with Crippen molar-refractivity contribution in [3.63, 3.8) is 0 Å². The van der Waals surface area contributed by atoms with Crippen LogP contribution in [0.5, 0.6) is 0 Å². The van der Waals surface area contributed by atoms with Gasteiger partial charge in [-0.15, -0.1) is 0 Å². The van der Waals surface area contributed by atoms with E-state index in [1.54, 1.807) is 0 Å². The van der Waals surface area contributed by atoms with Crippen molar-refractivity contribution in [2.24, 2.45) is 0 Å². The van der Waals surface area contributed by atoms with Crippen LogP contribution in [0.1, 0.15) is 5.56 Å². The average molecular weight is 310 g/mol. The minimum absolute atomic E-state index is 0.0956. The highest BCUT2D eigenvalue weighted by Gasteiger charge is 2.23. The predicted octanol–water partition coefficient (Wildman–Crippen LogP) is 0.808. The molecule has 2 N–H and O–H groups in total. The van der Waals surface area contributed by atoms with Gasteiger partial charge in [0, 0.05) is 18.7 Å². The van der Waals surface area contributed by atoms with Gasteiger partial charge in [-0.25, -0.2) is 21.9 Å². The molecule has 10 heteroatoms. The molecule has 0 aliphatic carbocycles. The summed E-state index contributed by atoms with van der Waals surface area (Å²) in [5, 5.41) is 19.4. The van der Waals surface area contributed by atoms with E-state index in [9.17, 15) is 27.3 Å². The van der Waals surface area contributed by atoms with Crippen LogP contribution in [0.4, 0.5) is 14.5 Å². The molecule has 20 heavy (non-hydrogen) atoms. The number of aryl methyl sites for hydroxylation is 1. The maximum absolute atomic E-state index is 12.1. The standard InChI is InChI=1S/C10H12F2N2O5S/c1-6-4-7(14(16)17)2-3-9(6)20(18,19)13-5-8(15)10(11)12/h2-4,8,10,13,15H,5H2,1H3. The minimum Gasteiger partial charge on any atom is -0.386 e. The third-order valence-electron chi connectivity index (χ3n) is 2.43. The summed E-state index contributed by atoms with van der Waals surface area (Å²) in [6, 6.07) is 3.05. The molecule has 0 bridgehead atoms. The number of benzene rings is 1. The molecule has 112 valence electrons. The lowest BCUT2D eigenvalue weighted by atomic mass is 10.2. The average Bonchev–Trinajstić information content (AvgIpc) is 2.35. The molecule has 0 saturated heterocycles. The Bertz CT molecular complexity index is 606. The number of nitrogens with one attached hydrogen (secondary N) is 1. The highest BCUT2D eigenvalue weighted by atomic mass is 32.2. The molecule has 1 aromatic rings. The van der Waals surface area contributed by atoms with Crippen LogP contribution in [0.25, 0.3) is 0 Å². The zero-order chi connectivity index (χ0) is 15.5. The summed E-state index contributed by atoms with van der Waals surface area (Å²) in [5.74, 6) is 0. The molecular weight excluding hydrogens is 298 g/mol. The molecule has 0 aromatic heterocycles. The van der Waals surface area contributed by atoms with Crippen LogP contribution in [0.15, 0.2) is 23.1 Å². The normalized spacial score (nSPS) is 13.4. The van der Waals surface area contributed by atoms with Crippen LogP contribution in [0.3, 0.4) is 0 Å². The molecule has 0 spiro atoms. The molecule has 1 rings (SSSR count). The molecule has 1 unspecified atom stereocenters. The van der Waals surface area contributed by atoms with Crippen molar-refractivity contribution in [1.82, 2.24) is 4.72 Å². The summed E-state index contributed by atoms with van der Waals surface area (Å²) in [6.45, 7) is 0.488. The quantitative estimate of drug-likeness (QED) is 0.597. The first-order chi connectivity index (χ1) is 9.15. The molecule has 7 nitrogen and oxygen atoms in total. The van der Waals surface area contributed by atoms with Crippen molar-refractivity contribution in [3.05, 3.63) is 33.9 Å². The van der Waals surface area contributed by atoms with Gasteiger partial charge in [-0.05, 0) is 18.6 Å². The van der Waals surface area contributed by atoms with E-state index in [-0.39, 0.29) is 16.1 Å². The third kappa shape index (κ3) is 3.92. The number of alkyl halides is 2. The molecular formula is C10H12F2N2O5S. The smallest absolute Gasteiger partial charge is 0.269 e. The van der Waals surface area contributed by atoms with Crippen molar-refractivity contribution in [3.8, 4) is 0 Å². The number of nitro groups is 1. The second kappa shape index (κ2) is 6.20. The van der Waals surface area contributed by atoms with Gasteiger partial charge in [-0.3, -0.25) is 10.1 Å². The lowest BCUT2D eigenvalue weighted by Crippen LogP contribution is -2.36. The maximum Gasteiger partial charge on any atom is 0.269 e. The molecule has 0 heterocycles. The van der Waals surface area contributed by atoms with Gasteiger partial charge in [0.05, 0.1) is 9.82 Å². The van der Waals surface area contributed by atoms with E-state index in [1.165, 1.54) is 6.92 Å². The molecule has 0 aliphatic heterocycles. The Hall–Kier alpha value is -1.65. The van der Waals surface area contributed by atoms with Gasteiger partial charge in [-0.1, -0.05) is 0 Å². The van der Waals surface area contributed by atoms with Crippen molar-refractivity contribution < 1.29 is 27.2 Å². The second-order valence-electron chi connectivity index (χ2n) is 3.96. The summed E-state index contributed by atoms with van der Waals surface area (Å²) in [7, 11) is -4.13. The molecule has 0 radical (unpaired) electrons. The maximum atomic E-state index is 12.1. The summed E-state index contributed by atoms with van der Waals surface area (Å²) in [5.41, 5.74) is -0.188. The molecule has 0 amide bonds. The van der Waals surface area contributed by atoms with E-state index in [2.05, 4.69) is 0 Å². The minimum atomic E-state index is -4.13. The second-order valence-corrected chi connectivity index (χ2v) is 5.70. The molecule has 1 aromatic carbocycles. The molecule has 0 aliphatic rings. The number of nitrogens with zero attached hydrogens (tertiary/aromatic N) is 1. The van der Waals surface area contributed by atoms with Crippen LogP contribution in [-0.4, -0.2) is 37.5 Å². The highest BCUT2D eigenvalue weighted by Crippen LogP contribution is 2.20. The first-order valence-corrected chi connectivity index (χ1v) is 6.84. The third-order valence-corrected chi connectivity index (χ3v) is 4.02. The topological polar surface area (TPSA) is 110 Å². The lowest BCUT2D eigenvalue weighted by molar-refractivity contribution is -0.385. The fourth-order valence-electron chi connectivity index (χ4n) is 1.41. The number of hydrogen-bond acceptors (Lipinski definition) is 5. The van der Waals surface area contributed by atoms with Crippen LogP contribution in [-0.2, 0) is 10.0 Å². The van der Waals surface area contributed by atoms with Gasteiger partial charge in [0.2, 0.25) is 10.0 Å². The SMILES string of the molecule is Cc1cc([N+](=O)[O-])ccc1S(=O)(=O)NCC(O)C(F)F. The summed E-state index contributed by atoms with van der Waals surface area (Å²) < 4.78 is 49.6. The van der Waals surface area contributed by atoms with Gasteiger partial charge < -0.3 is 5.11 Å². The Labute approximate surface area is 113 Å². The summed E-state index contributed by atoms with van der Waals surface area (Å²) >= 11 is 0. The zero-order valence-electron chi connectivity index (χ0n) is 10.3. The Morgan fingerprint density at radius 1 is 1.45 bits per heavy atom. The van der Waals surface area contributed by atoms with Crippen LogP contribution in [0.2, 0.25) is 0 Å². The Morgan fingerprint density at radius 2 is 2.05 bits per heavy atom. The molecule has 0 saturated carbocycles. The van der Waals surface area contributed by atoms with E-state index in [0.717, 1.165) is 18.2 Å². The monoisotopic (exact) mass is 310 g/mol. The van der Waals surface area contributed by atoms with Gasteiger partial charge in [0.25, 0.3) is 12.1 Å². The highest BCUT2D eigenvalue weighted by molar-refractivity contribution is 7.89. The van der Waals surface area contributed by atoms with E-state index in [0.29, 0.717) is 0 Å². The van der Waals surface area contributed by atoms with Gasteiger partial charge in [-0.2, -0.15) is 0 Å². The first kappa shape index (κ1) is 16.4.